The van der Waals surface area contributed by atoms with Gasteiger partial charge in [0, 0.05) is 38.3 Å². The van der Waals surface area contributed by atoms with Crippen molar-refractivity contribution in [1.82, 2.24) is 15.5 Å². The lowest BCUT2D eigenvalue weighted by Crippen LogP contribution is -2.53. The number of benzene rings is 2. The first-order chi connectivity index (χ1) is 17.4. The summed E-state index contributed by atoms with van der Waals surface area (Å²) in [6.07, 6.45) is 0.726. The van der Waals surface area contributed by atoms with Crippen LogP contribution in [0.25, 0.3) is 0 Å². The van der Waals surface area contributed by atoms with Crippen LogP contribution in [-0.2, 0) is 27.3 Å². The summed E-state index contributed by atoms with van der Waals surface area (Å²) in [4.78, 5) is 40.0. The second-order valence-corrected chi connectivity index (χ2v) is 8.38. The van der Waals surface area contributed by atoms with Gasteiger partial charge >= 0.3 is 0 Å². The van der Waals surface area contributed by atoms with E-state index in [4.69, 9.17) is 21.9 Å². The van der Waals surface area contributed by atoms with E-state index in [0.29, 0.717) is 31.7 Å². The molecular formula is C26H38N6O4. The summed E-state index contributed by atoms with van der Waals surface area (Å²) in [6.45, 7) is 1.45. The quantitative estimate of drug-likeness (QED) is 0.228. The molecule has 0 heterocycles. The summed E-state index contributed by atoms with van der Waals surface area (Å²) >= 11 is 0. The molecule has 10 nitrogen and oxygen atoms in total. The average Bonchev–Trinajstić information content (AvgIpc) is 2.89. The summed E-state index contributed by atoms with van der Waals surface area (Å²) in [5, 5.41) is 5.60. The maximum atomic E-state index is 13.1. The molecule has 0 unspecified atom stereocenters. The Hall–Kier alpha value is -3.47. The molecule has 0 saturated carbocycles. The lowest BCUT2D eigenvalue weighted by Gasteiger charge is -2.24. The number of rotatable bonds is 15. The highest BCUT2D eigenvalue weighted by molar-refractivity contribution is 5.92. The number of nitrogens with two attached hydrogens (primary N) is 3. The Morgan fingerprint density at radius 3 is 2.22 bits per heavy atom. The van der Waals surface area contributed by atoms with Gasteiger partial charge in [0.2, 0.25) is 17.7 Å². The second-order valence-electron chi connectivity index (χ2n) is 8.38. The largest absolute Gasteiger partial charge is 0.496 e. The predicted molar refractivity (Wildman–Crippen MR) is 139 cm³/mol. The molecule has 0 aromatic heterocycles. The molecule has 36 heavy (non-hydrogen) atoms. The van der Waals surface area contributed by atoms with Gasteiger partial charge in [0.05, 0.1) is 19.6 Å². The molecule has 2 aromatic rings. The molecule has 0 bridgehead atoms. The Kier molecular flexibility index (Phi) is 12.4. The normalized spacial score (nSPS) is 12.3. The molecule has 10 heteroatoms. The predicted octanol–water partition coefficient (Wildman–Crippen LogP) is -0.108. The molecule has 0 fully saturated rings. The molecule has 196 valence electrons. The number of ether oxygens (including phenoxy) is 1. The molecule has 0 saturated heterocycles. The summed E-state index contributed by atoms with van der Waals surface area (Å²) in [5.41, 5.74) is 19.0. The zero-order valence-electron chi connectivity index (χ0n) is 20.8. The Balaban J connectivity index is 2.05. The van der Waals surface area contributed by atoms with E-state index in [-0.39, 0.29) is 37.9 Å². The molecule has 0 radical (unpaired) electrons. The van der Waals surface area contributed by atoms with Gasteiger partial charge in [0.15, 0.2) is 0 Å². The highest BCUT2D eigenvalue weighted by Gasteiger charge is 2.26. The smallest absolute Gasteiger partial charge is 0.242 e. The molecule has 0 spiro atoms. The standard InChI is InChI=1S/C26H38N6O4/c1-36-23-10-6-5-9-20(23)18-30-26(35)22(12-11-19-7-3-2-4-8-19)31-25(34)21(29)17-24(33)32(15-13-27)16-14-28/h2-10,21-22H,11-18,27-29H2,1H3,(H,30,35)(H,31,34)/t21-,22-/m0/s1. The minimum atomic E-state index is -1.11. The molecule has 3 amide bonds. The van der Waals surface area contributed by atoms with Crippen molar-refractivity contribution in [2.45, 2.75) is 37.9 Å². The van der Waals surface area contributed by atoms with Crippen molar-refractivity contribution in [3.05, 3.63) is 65.7 Å². The number of hydrogen-bond acceptors (Lipinski definition) is 7. The molecule has 2 atom stereocenters. The number of amides is 3. The molecule has 2 rings (SSSR count). The number of nitrogens with one attached hydrogen (secondary N) is 2. The first-order valence-corrected chi connectivity index (χ1v) is 12.1. The van der Waals surface area contributed by atoms with E-state index >= 15 is 0 Å². The van der Waals surface area contributed by atoms with Gasteiger partial charge in [-0.3, -0.25) is 14.4 Å². The van der Waals surface area contributed by atoms with Crippen LogP contribution >= 0.6 is 0 Å². The number of carbonyl (C=O) groups is 3. The molecule has 2 aromatic carbocycles. The van der Waals surface area contributed by atoms with Crippen molar-refractivity contribution in [2.24, 2.45) is 17.2 Å². The number of aryl methyl sites for hydroxylation is 1. The van der Waals surface area contributed by atoms with Crippen LogP contribution in [0.5, 0.6) is 5.75 Å². The lowest BCUT2D eigenvalue weighted by atomic mass is 10.0. The van der Waals surface area contributed by atoms with Crippen molar-refractivity contribution in [3.8, 4) is 5.75 Å². The first-order valence-electron chi connectivity index (χ1n) is 12.1. The topological polar surface area (TPSA) is 166 Å². The van der Waals surface area contributed by atoms with E-state index in [2.05, 4.69) is 10.6 Å². The van der Waals surface area contributed by atoms with Crippen LogP contribution in [0.2, 0.25) is 0 Å². The molecular weight excluding hydrogens is 460 g/mol. The zero-order chi connectivity index (χ0) is 26.3. The van der Waals surface area contributed by atoms with Gasteiger partial charge in [-0.1, -0.05) is 48.5 Å². The highest BCUT2D eigenvalue weighted by Crippen LogP contribution is 2.17. The third-order valence-corrected chi connectivity index (χ3v) is 5.73. The van der Waals surface area contributed by atoms with Crippen LogP contribution in [0.4, 0.5) is 0 Å². The van der Waals surface area contributed by atoms with Gasteiger partial charge in [0.25, 0.3) is 0 Å². The van der Waals surface area contributed by atoms with Crippen LogP contribution < -0.4 is 32.6 Å². The lowest BCUT2D eigenvalue weighted by molar-refractivity contribution is -0.135. The number of hydrogen-bond donors (Lipinski definition) is 5. The number of nitrogens with zero attached hydrogens (tertiary/aromatic N) is 1. The van der Waals surface area contributed by atoms with E-state index in [0.717, 1.165) is 11.1 Å². The fourth-order valence-corrected chi connectivity index (χ4v) is 3.74. The SMILES string of the molecule is COc1ccccc1CNC(=O)[C@H](CCc1ccccc1)NC(=O)[C@@H](N)CC(=O)N(CCN)CCN. The Morgan fingerprint density at radius 1 is 0.944 bits per heavy atom. The van der Waals surface area contributed by atoms with Crippen molar-refractivity contribution >= 4 is 17.7 Å². The van der Waals surface area contributed by atoms with Crippen molar-refractivity contribution in [2.75, 3.05) is 33.3 Å². The van der Waals surface area contributed by atoms with E-state index in [1.807, 2.05) is 54.6 Å². The fourth-order valence-electron chi connectivity index (χ4n) is 3.74. The van der Waals surface area contributed by atoms with Crippen LogP contribution in [0.15, 0.2) is 54.6 Å². The third kappa shape index (κ3) is 9.29. The van der Waals surface area contributed by atoms with E-state index < -0.39 is 18.0 Å². The van der Waals surface area contributed by atoms with Gasteiger partial charge in [-0.2, -0.15) is 0 Å². The molecule has 0 aliphatic heterocycles. The Labute approximate surface area is 212 Å². The molecule has 0 aliphatic carbocycles. The van der Waals surface area contributed by atoms with Gasteiger partial charge in [-0.25, -0.2) is 0 Å². The van der Waals surface area contributed by atoms with E-state index in [1.165, 1.54) is 4.90 Å². The van der Waals surface area contributed by atoms with E-state index in [9.17, 15) is 14.4 Å². The van der Waals surface area contributed by atoms with E-state index in [1.54, 1.807) is 7.11 Å². The highest BCUT2D eigenvalue weighted by atomic mass is 16.5. The monoisotopic (exact) mass is 498 g/mol. The van der Waals surface area contributed by atoms with Crippen LogP contribution in [0.1, 0.15) is 24.0 Å². The minimum Gasteiger partial charge on any atom is -0.496 e. The van der Waals surface area contributed by atoms with Crippen LogP contribution in [-0.4, -0.2) is 68.0 Å². The summed E-state index contributed by atoms with van der Waals surface area (Å²) < 4.78 is 5.34. The van der Waals surface area contributed by atoms with Crippen LogP contribution in [0.3, 0.4) is 0 Å². The van der Waals surface area contributed by atoms with Gasteiger partial charge in [0.1, 0.15) is 11.8 Å². The van der Waals surface area contributed by atoms with Gasteiger partial charge in [-0.15, -0.1) is 0 Å². The maximum absolute atomic E-state index is 13.1. The summed E-state index contributed by atoms with van der Waals surface area (Å²) in [7, 11) is 1.56. The molecule has 8 N–H and O–H groups in total. The van der Waals surface area contributed by atoms with Gasteiger partial charge < -0.3 is 37.5 Å². The number of carbonyl (C=O) groups excluding carboxylic acids is 3. The fraction of sp³-hybridized carbons (Fsp3) is 0.423. The van der Waals surface area contributed by atoms with Gasteiger partial charge in [-0.05, 0) is 24.5 Å². The van der Waals surface area contributed by atoms with Crippen molar-refractivity contribution < 1.29 is 19.1 Å². The first kappa shape index (κ1) is 28.8. The third-order valence-electron chi connectivity index (χ3n) is 5.73. The van der Waals surface area contributed by atoms with Crippen molar-refractivity contribution in [3.63, 3.8) is 0 Å². The van der Waals surface area contributed by atoms with Crippen molar-refractivity contribution in [1.29, 1.82) is 0 Å². The van der Waals surface area contributed by atoms with Crippen LogP contribution in [0, 0.1) is 0 Å². The Bertz CT molecular complexity index is 966. The maximum Gasteiger partial charge on any atom is 0.242 e. The summed E-state index contributed by atoms with van der Waals surface area (Å²) in [5.74, 6) is -0.580. The second kappa shape index (κ2) is 15.5. The average molecular weight is 499 g/mol. The number of para-hydroxylation sites is 1. The molecule has 0 aliphatic rings. The Morgan fingerprint density at radius 2 is 1.58 bits per heavy atom. The zero-order valence-corrected chi connectivity index (χ0v) is 20.8. The summed E-state index contributed by atoms with van der Waals surface area (Å²) in [6, 6.07) is 15.1. The number of methoxy groups -OCH3 is 1. The minimum absolute atomic E-state index is 0.208.